The van der Waals surface area contributed by atoms with Crippen LogP contribution < -0.4 is 10.2 Å². The van der Waals surface area contributed by atoms with Gasteiger partial charge < -0.3 is 10.2 Å². The predicted molar refractivity (Wildman–Crippen MR) is 90.1 cm³/mol. The summed E-state index contributed by atoms with van der Waals surface area (Å²) in [5, 5.41) is 4.41. The highest BCUT2D eigenvalue weighted by Crippen LogP contribution is 2.44. The second-order valence-corrected chi connectivity index (χ2v) is 7.01. The standard InChI is InChI=1S/C17H23N3S/c1-12-4-6-13(7-5-12)11-20(3)17-19-16(14-8-9-14)15(21-17)10-18-2/h4-7,14,18H,8-11H2,1-3H3. The minimum atomic E-state index is 0.714. The molecule has 1 aromatic heterocycles. The number of nitrogens with one attached hydrogen (secondary N) is 1. The Labute approximate surface area is 131 Å². The molecule has 2 aromatic rings. The van der Waals surface area contributed by atoms with Gasteiger partial charge in [0.25, 0.3) is 0 Å². The first-order valence-corrected chi connectivity index (χ1v) is 8.40. The molecule has 1 N–H and O–H groups in total. The summed E-state index contributed by atoms with van der Waals surface area (Å²) in [4.78, 5) is 8.58. The zero-order valence-electron chi connectivity index (χ0n) is 13.0. The van der Waals surface area contributed by atoms with E-state index in [0.717, 1.165) is 18.2 Å². The minimum Gasteiger partial charge on any atom is -0.347 e. The van der Waals surface area contributed by atoms with Gasteiger partial charge in [0.05, 0.1) is 5.69 Å². The molecule has 3 rings (SSSR count). The molecule has 0 bridgehead atoms. The van der Waals surface area contributed by atoms with Gasteiger partial charge in [-0.15, -0.1) is 11.3 Å². The normalized spacial score (nSPS) is 14.4. The summed E-state index contributed by atoms with van der Waals surface area (Å²) in [5.41, 5.74) is 3.98. The van der Waals surface area contributed by atoms with Crippen molar-refractivity contribution in [3.05, 3.63) is 46.0 Å². The van der Waals surface area contributed by atoms with E-state index in [1.165, 1.54) is 34.5 Å². The van der Waals surface area contributed by atoms with Crippen molar-refractivity contribution in [3.63, 3.8) is 0 Å². The third-order valence-electron chi connectivity index (χ3n) is 3.88. The highest BCUT2D eigenvalue weighted by molar-refractivity contribution is 7.15. The van der Waals surface area contributed by atoms with Crippen LogP contribution in [0.15, 0.2) is 24.3 Å². The van der Waals surface area contributed by atoms with Gasteiger partial charge in [0.1, 0.15) is 0 Å². The van der Waals surface area contributed by atoms with Crippen molar-refractivity contribution in [1.29, 1.82) is 0 Å². The molecule has 1 saturated carbocycles. The Morgan fingerprint density at radius 1 is 1.29 bits per heavy atom. The average Bonchev–Trinajstić information content (AvgIpc) is 3.23. The number of rotatable bonds is 6. The smallest absolute Gasteiger partial charge is 0.185 e. The Morgan fingerprint density at radius 2 is 2.00 bits per heavy atom. The molecule has 0 spiro atoms. The maximum atomic E-state index is 4.91. The molecule has 4 heteroatoms. The second kappa shape index (κ2) is 6.16. The van der Waals surface area contributed by atoms with Crippen molar-refractivity contribution in [2.24, 2.45) is 0 Å². The Bertz CT molecular complexity index is 599. The van der Waals surface area contributed by atoms with Crippen LogP contribution in [-0.4, -0.2) is 19.1 Å². The number of hydrogen-bond acceptors (Lipinski definition) is 4. The van der Waals surface area contributed by atoms with Gasteiger partial charge in [0, 0.05) is 30.9 Å². The van der Waals surface area contributed by atoms with Crippen molar-refractivity contribution in [2.45, 2.75) is 38.8 Å². The van der Waals surface area contributed by atoms with E-state index in [1.807, 2.05) is 18.4 Å². The lowest BCUT2D eigenvalue weighted by atomic mass is 10.1. The van der Waals surface area contributed by atoms with E-state index < -0.39 is 0 Å². The van der Waals surface area contributed by atoms with Gasteiger partial charge in [-0.05, 0) is 32.4 Å². The Balaban J connectivity index is 1.75. The van der Waals surface area contributed by atoms with Crippen molar-refractivity contribution in [3.8, 4) is 0 Å². The van der Waals surface area contributed by atoms with Crippen molar-refractivity contribution >= 4 is 16.5 Å². The number of hydrogen-bond donors (Lipinski definition) is 1. The molecule has 0 radical (unpaired) electrons. The van der Waals surface area contributed by atoms with Crippen LogP contribution in [0, 0.1) is 6.92 Å². The van der Waals surface area contributed by atoms with Gasteiger partial charge in [0.15, 0.2) is 5.13 Å². The fraction of sp³-hybridized carbons (Fsp3) is 0.471. The SMILES string of the molecule is CNCc1sc(N(C)Cc2ccc(C)cc2)nc1C1CC1. The third-order valence-corrected chi connectivity index (χ3v) is 5.07. The van der Waals surface area contributed by atoms with E-state index in [9.17, 15) is 0 Å². The molecule has 0 saturated heterocycles. The number of aryl methyl sites for hydroxylation is 1. The zero-order chi connectivity index (χ0) is 14.8. The molecule has 1 aromatic carbocycles. The van der Waals surface area contributed by atoms with Crippen molar-refractivity contribution < 1.29 is 0 Å². The maximum Gasteiger partial charge on any atom is 0.185 e. The highest BCUT2D eigenvalue weighted by Gasteiger charge is 2.29. The first-order valence-electron chi connectivity index (χ1n) is 7.58. The Kier molecular flexibility index (Phi) is 4.27. The molecule has 0 unspecified atom stereocenters. The summed E-state index contributed by atoms with van der Waals surface area (Å²) in [5.74, 6) is 0.714. The van der Waals surface area contributed by atoms with E-state index in [-0.39, 0.29) is 0 Å². The lowest BCUT2D eigenvalue weighted by Gasteiger charge is -2.15. The van der Waals surface area contributed by atoms with Gasteiger partial charge in [-0.3, -0.25) is 0 Å². The second-order valence-electron chi connectivity index (χ2n) is 5.95. The fourth-order valence-electron chi connectivity index (χ4n) is 2.51. The van der Waals surface area contributed by atoms with Crippen LogP contribution in [0.25, 0.3) is 0 Å². The summed E-state index contributed by atoms with van der Waals surface area (Å²) >= 11 is 1.84. The van der Waals surface area contributed by atoms with Gasteiger partial charge in [-0.25, -0.2) is 4.98 Å². The average molecular weight is 301 g/mol. The molecule has 1 heterocycles. The monoisotopic (exact) mass is 301 g/mol. The lowest BCUT2D eigenvalue weighted by molar-refractivity contribution is 0.811. The molecule has 0 amide bonds. The zero-order valence-corrected chi connectivity index (χ0v) is 13.8. The van der Waals surface area contributed by atoms with E-state index in [2.05, 4.69) is 48.5 Å². The van der Waals surface area contributed by atoms with Crippen LogP contribution in [0.1, 0.15) is 40.5 Å². The van der Waals surface area contributed by atoms with Gasteiger partial charge in [-0.2, -0.15) is 0 Å². The van der Waals surface area contributed by atoms with Crippen LogP contribution in [0.2, 0.25) is 0 Å². The summed E-state index contributed by atoms with van der Waals surface area (Å²) in [6.45, 7) is 3.97. The number of benzene rings is 1. The predicted octanol–water partition coefficient (Wildman–Crippen LogP) is 3.68. The minimum absolute atomic E-state index is 0.714. The first kappa shape index (κ1) is 14.5. The molecular formula is C17H23N3S. The lowest BCUT2D eigenvalue weighted by Crippen LogP contribution is -2.16. The van der Waals surface area contributed by atoms with Crippen LogP contribution in [0.5, 0.6) is 0 Å². The van der Waals surface area contributed by atoms with E-state index in [4.69, 9.17) is 4.98 Å². The Morgan fingerprint density at radius 3 is 2.62 bits per heavy atom. The molecule has 1 fully saturated rings. The molecule has 0 aliphatic heterocycles. The molecule has 1 aliphatic rings. The van der Waals surface area contributed by atoms with E-state index in [0.29, 0.717) is 5.92 Å². The van der Waals surface area contributed by atoms with Crippen LogP contribution in [0.4, 0.5) is 5.13 Å². The number of nitrogens with zero attached hydrogens (tertiary/aromatic N) is 2. The third kappa shape index (κ3) is 3.44. The van der Waals surface area contributed by atoms with Gasteiger partial charge >= 0.3 is 0 Å². The van der Waals surface area contributed by atoms with Gasteiger partial charge in [0.2, 0.25) is 0 Å². The van der Waals surface area contributed by atoms with Crippen LogP contribution in [0.3, 0.4) is 0 Å². The van der Waals surface area contributed by atoms with E-state index in [1.54, 1.807) is 0 Å². The molecule has 3 nitrogen and oxygen atoms in total. The van der Waals surface area contributed by atoms with E-state index >= 15 is 0 Å². The van der Waals surface area contributed by atoms with Gasteiger partial charge in [-0.1, -0.05) is 29.8 Å². The highest BCUT2D eigenvalue weighted by atomic mass is 32.1. The topological polar surface area (TPSA) is 28.2 Å². The van der Waals surface area contributed by atoms with Crippen LogP contribution in [-0.2, 0) is 13.1 Å². The molecule has 1 aliphatic carbocycles. The van der Waals surface area contributed by atoms with Crippen molar-refractivity contribution in [2.75, 3.05) is 19.0 Å². The number of thiazole rings is 1. The maximum absolute atomic E-state index is 4.91. The molecule has 0 atom stereocenters. The Hall–Kier alpha value is -1.39. The number of anilines is 1. The largest absolute Gasteiger partial charge is 0.347 e. The summed E-state index contributed by atoms with van der Waals surface area (Å²) < 4.78 is 0. The quantitative estimate of drug-likeness (QED) is 0.882. The summed E-state index contributed by atoms with van der Waals surface area (Å²) in [7, 11) is 4.14. The summed E-state index contributed by atoms with van der Waals surface area (Å²) in [6, 6.07) is 8.76. The van der Waals surface area contributed by atoms with Crippen molar-refractivity contribution in [1.82, 2.24) is 10.3 Å². The number of aromatic nitrogens is 1. The summed E-state index contributed by atoms with van der Waals surface area (Å²) in [6.07, 6.45) is 2.61. The molecule has 112 valence electrons. The molecule has 21 heavy (non-hydrogen) atoms. The molecular weight excluding hydrogens is 278 g/mol. The fourth-order valence-corrected chi connectivity index (χ4v) is 3.63. The van der Waals surface area contributed by atoms with Crippen LogP contribution >= 0.6 is 11.3 Å². The first-order chi connectivity index (χ1) is 10.2.